The van der Waals surface area contributed by atoms with E-state index in [1.807, 2.05) is 30.3 Å². The van der Waals surface area contributed by atoms with Crippen LogP contribution in [0.15, 0.2) is 36.4 Å². The maximum Gasteiger partial charge on any atom is 0.414 e. The number of hydrogen-bond acceptors (Lipinski definition) is 4. The molecule has 122 valence electrons. The Morgan fingerprint density at radius 2 is 2.09 bits per heavy atom. The standard InChI is InChI=1S/C17H20N2O4/c1-12(20)18-10-15-11-19(17(21)23-15)14-7-5-13(6-8-14)16-4-2-3-9-22-16/h2-3,5-8,15-16H,4,9-11H2,1H3,(H,18,20)/t15-,16?/m0/s1. The van der Waals surface area contributed by atoms with Gasteiger partial charge < -0.3 is 14.8 Å². The molecule has 2 aliphatic heterocycles. The van der Waals surface area contributed by atoms with Gasteiger partial charge >= 0.3 is 6.09 Å². The zero-order valence-electron chi connectivity index (χ0n) is 13.0. The lowest BCUT2D eigenvalue weighted by Gasteiger charge is -2.20. The largest absolute Gasteiger partial charge is 0.442 e. The lowest BCUT2D eigenvalue weighted by molar-refractivity contribution is -0.119. The van der Waals surface area contributed by atoms with Crippen molar-refractivity contribution in [3.63, 3.8) is 0 Å². The van der Waals surface area contributed by atoms with Crippen LogP contribution in [0.4, 0.5) is 10.5 Å². The molecule has 6 nitrogen and oxygen atoms in total. The molecule has 1 aromatic carbocycles. The molecule has 0 saturated carbocycles. The number of anilines is 1. The molecule has 1 aromatic rings. The van der Waals surface area contributed by atoms with Crippen LogP contribution >= 0.6 is 0 Å². The van der Waals surface area contributed by atoms with Crippen molar-refractivity contribution < 1.29 is 19.1 Å². The van der Waals surface area contributed by atoms with Crippen molar-refractivity contribution in [2.24, 2.45) is 0 Å². The molecule has 0 spiro atoms. The zero-order valence-corrected chi connectivity index (χ0v) is 13.0. The summed E-state index contributed by atoms with van der Waals surface area (Å²) >= 11 is 0. The molecular formula is C17H20N2O4. The van der Waals surface area contributed by atoms with Crippen molar-refractivity contribution in [2.75, 3.05) is 24.6 Å². The van der Waals surface area contributed by atoms with Gasteiger partial charge in [-0.05, 0) is 24.1 Å². The number of carbonyl (C=O) groups is 2. The van der Waals surface area contributed by atoms with Gasteiger partial charge in [-0.15, -0.1) is 0 Å². The van der Waals surface area contributed by atoms with Gasteiger partial charge in [0.05, 0.1) is 25.8 Å². The number of cyclic esters (lactones) is 1. The van der Waals surface area contributed by atoms with Gasteiger partial charge in [0.25, 0.3) is 0 Å². The number of amides is 2. The van der Waals surface area contributed by atoms with E-state index >= 15 is 0 Å². The molecule has 0 radical (unpaired) electrons. The van der Waals surface area contributed by atoms with Crippen LogP contribution in [-0.4, -0.2) is 37.8 Å². The lowest BCUT2D eigenvalue weighted by Crippen LogP contribution is -2.33. The first kappa shape index (κ1) is 15.6. The van der Waals surface area contributed by atoms with Crippen molar-refractivity contribution >= 4 is 17.7 Å². The van der Waals surface area contributed by atoms with E-state index in [0.717, 1.165) is 17.7 Å². The van der Waals surface area contributed by atoms with Crippen LogP contribution in [0, 0.1) is 0 Å². The predicted molar refractivity (Wildman–Crippen MR) is 85.2 cm³/mol. The fraction of sp³-hybridized carbons (Fsp3) is 0.412. The molecule has 0 aliphatic carbocycles. The van der Waals surface area contributed by atoms with Crippen molar-refractivity contribution in [3.8, 4) is 0 Å². The van der Waals surface area contributed by atoms with Crippen LogP contribution in [0.25, 0.3) is 0 Å². The average Bonchev–Trinajstić information content (AvgIpc) is 2.95. The van der Waals surface area contributed by atoms with E-state index in [0.29, 0.717) is 19.7 Å². The summed E-state index contributed by atoms with van der Waals surface area (Å²) in [5.74, 6) is -0.134. The Morgan fingerprint density at radius 1 is 1.30 bits per heavy atom. The molecule has 2 amide bonds. The molecule has 3 rings (SSSR count). The number of hydrogen-bond donors (Lipinski definition) is 1. The minimum atomic E-state index is -0.384. The Labute approximate surface area is 135 Å². The minimum absolute atomic E-state index is 0.0760. The SMILES string of the molecule is CC(=O)NC[C@H]1CN(c2ccc(C3CC=CCO3)cc2)C(=O)O1. The second-order valence-corrected chi connectivity index (χ2v) is 5.67. The van der Waals surface area contributed by atoms with Gasteiger partial charge in [0.1, 0.15) is 6.10 Å². The van der Waals surface area contributed by atoms with Crippen molar-refractivity contribution in [1.82, 2.24) is 5.32 Å². The van der Waals surface area contributed by atoms with Gasteiger partial charge in [-0.3, -0.25) is 9.69 Å². The molecule has 2 aliphatic rings. The molecule has 6 heteroatoms. The second-order valence-electron chi connectivity index (χ2n) is 5.67. The first-order chi connectivity index (χ1) is 11.1. The number of carbonyl (C=O) groups excluding carboxylic acids is 2. The fourth-order valence-corrected chi connectivity index (χ4v) is 2.73. The molecule has 1 N–H and O–H groups in total. The third-order valence-electron chi connectivity index (χ3n) is 3.94. The van der Waals surface area contributed by atoms with Gasteiger partial charge in [0, 0.05) is 12.6 Å². The summed E-state index contributed by atoms with van der Waals surface area (Å²) in [5, 5.41) is 2.67. The second kappa shape index (κ2) is 6.83. The van der Waals surface area contributed by atoms with Gasteiger partial charge in [0.15, 0.2) is 0 Å². The number of benzene rings is 1. The Balaban J connectivity index is 1.63. The number of ether oxygens (including phenoxy) is 2. The zero-order chi connectivity index (χ0) is 16.2. The van der Waals surface area contributed by atoms with Crippen molar-refractivity contribution in [1.29, 1.82) is 0 Å². The third-order valence-corrected chi connectivity index (χ3v) is 3.94. The molecule has 1 saturated heterocycles. The van der Waals surface area contributed by atoms with Gasteiger partial charge in [-0.25, -0.2) is 4.79 Å². The van der Waals surface area contributed by atoms with Crippen LogP contribution in [0.1, 0.15) is 25.0 Å². The maximum absolute atomic E-state index is 12.0. The topological polar surface area (TPSA) is 67.9 Å². The first-order valence-corrected chi connectivity index (χ1v) is 7.72. The summed E-state index contributed by atoms with van der Waals surface area (Å²) in [6.07, 6.45) is 4.37. The highest BCUT2D eigenvalue weighted by Gasteiger charge is 2.32. The molecule has 1 fully saturated rings. The summed E-state index contributed by atoms with van der Waals surface area (Å²) in [6.45, 7) is 2.84. The van der Waals surface area contributed by atoms with Crippen LogP contribution in [0.2, 0.25) is 0 Å². The monoisotopic (exact) mass is 316 g/mol. The quantitative estimate of drug-likeness (QED) is 0.865. The first-order valence-electron chi connectivity index (χ1n) is 7.72. The summed E-state index contributed by atoms with van der Waals surface area (Å²) in [6, 6.07) is 7.76. The smallest absolute Gasteiger partial charge is 0.414 e. The molecule has 1 unspecified atom stereocenters. The Kier molecular flexibility index (Phi) is 4.62. The van der Waals surface area contributed by atoms with E-state index in [1.165, 1.54) is 6.92 Å². The summed E-state index contributed by atoms with van der Waals surface area (Å²) in [7, 11) is 0. The summed E-state index contributed by atoms with van der Waals surface area (Å²) < 4.78 is 11.0. The Morgan fingerprint density at radius 3 is 2.74 bits per heavy atom. The maximum atomic E-state index is 12.0. The van der Waals surface area contributed by atoms with Gasteiger partial charge in [-0.1, -0.05) is 24.3 Å². The predicted octanol–water partition coefficient (Wildman–Crippen LogP) is 2.17. The van der Waals surface area contributed by atoms with Crippen LogP contribution < -0.4 is 10.2 Å². The summed E-state index contributed by atoms with van der Waals surface area (Å²) in [4.78, 5) is 24.5. The van der Waals surface area contributed by atoms with Crippen molar-refractivity contribution in [3.05, 3.63) is 42.0 Å². The Bertz CT molecular complexity index is 612. The summed E-state index contributed by atoms with van der Waals surface area (Å²) in [5.41, 5.74) is 1.89. The van der Waals surface area contributed by atoms with Crippen LogP contribution in [0.5, 0.6) is 0 Å². The highest BCUT2D eigenvalue weighted by atomic mass is 16.6. The normalized spacial score (nSPS) is 23.7. The number of rotatable bonds is 4. The molecule has 2 atom stereocenters. The molecule has 0 aromatic heterocycles. The van der Waals surface area contributed by atoms with E-state index in [4.69, 9.17) is 9.47 Å². The van der Waals surface area contributed by atoms with Crippen LogP contribution in [-0.2, 0) is 14.3 Å². The number of nitrogens with zero attached hydrogens (tertiary/aromatic N) is 1. The van der Waals surface area contributed by atoms with Crippen molar-refractivity contribution in [2.45, 2.75) is 25.6 Å². The molecule has 23 heavy (non-hydrogen) atoms. The van der Waals surface area contributed by atoms with Gasteiger partial charge in [0.2, 0.25) is 5.91 Å². The van der Waals surface area contributed by atoms with Gasteiger partial charge in [-0.2, -0.15) is 0 Å². The molecular weight excluding hydrogens is 296 g/mol. The minimum Gasteiger partial charge on any atom is -0.442 e. The highest BCUT2D eigenvalue weighted by Crippen LogP contribution is 2.28. The van der Waals surface area contributed by atoms with E-state index in [1.54, 1.807) is 4.90 Å². The van der Waals surface area contributed by atoms with E-state index in [2.05, 4.69) is 11.4 Å². The van der Waals surface area contributed by atoms with E-state index < -0.39 is 0 Å². The lowest BCUT2D eigenvalue weighted by atomic mass is 10.0. The average molecular weight is 316 g/mol. The Hall–Kier alpha value is -2.34. The fourth-order valence-electron chi connectivity index (χ4n) is 2.73. The molecule has 0 bridgehead atoms. The van der Waals surface area contributed by atoms with E-state index in [9.17, 15) is 9.59 Å². The molecule has 2 heterocycles. The third kappa shape index (κ3) is 3.71. The highest BCUT2D eigenvalue weighted by molar-refractivity contribution is 5.89. The van der Waals surface area contributed by atoms with E-state index in [-0.39, 0.29) is 24.2 Å². The number of nitrogens with one attached hydrogen (secondary N) is 1. The van der Waals surface area contributed by atoms with Crippen LogP contribution in [0.3, 0.4) is 0 Å².